The number of methoxy groups -OCH3 is 1. The van der Waals surface area contributed by atoms with E-state index in [1.165, 1.54) is 24.8 Å². The highest BCUT2D eigenvalue weighted by molar-refractivity contribution is 5.57. The second-order valence-electron chi connectivity index (χ2n) is 5.20. The average molecular weight is 284 g/mol. The van der Waals surface area contributed by atoms with Crippen molar-refractivity contribution in [1.29, 1.82) is 0 Å². The summed E-state index contributed by atoms with van der Waals surface area (Å²) in [6.45, 7) is 0. The average Bonchev–Trinajstić information content (AvgIpc) is 2.79. The van der Waals surface area contributed by atoms with E-state index in [0.717, 1.165) is 30.0 Å². The van der Waals surface area contributed by atoms with Crippen LogP contribution >= 0.6 is 0 Å². The fourth-order valence-corrected chi connectivity index (χ4v) is 2.75. The molecule has 0 fully saturated rings. The Labute approximate surface area is 124 Å². The predicted octanol–water partition coefficient (Wildman–Crippen LogP) is 2.86. The van der Waals surface area contributed by atoms with Crippen molar-refractivity contribution >= 4 is 5.82 Å². The number of hydrogen-bond donors (Lipinski definition) is 1. The SMILES string of the molecule is CNc1nc(-c2cccc(OC)n2)nc2c1CCCCC2. The van der Waals surface area contributed by atoms with Crippen LogP contribution in [0.3, 0.4) is 0 Å². The Bertz CT molecular complexity index is 642. The first-order chi connectivity index (χ1) is 10.3. The summed E-state index contributed by atoms with van der Waals surface area (Å²) in [5.74, 6) is 2.18. The van der Waals surface area contributed by atoms with Gasteiger partial charge in [-0.15, -0.1) is 0 Å². The molecule has 21 heavy (non-hydrogen) atoms. The summed E-state index contributed by atoms with van der Waals surface area (Å²) in [6.07, 6.45) is 5.73. The molecule has 5 nitrogen and oxygen atoms in total. The summed E-state index contributed by atoms with van der Waals surface area (Å²) in [5.41, 5.74) is 3.17. The van der Waals surface area contributed by atoms with Crippen LogP contribution in [0.2, 0.25) is 0 Å². The molecule has 2 aromatic rings. The minimum absolute atomic E-state index is 0.581. The van der Waals surface area contributed by atoms with Crippen molar-refractivity contribution in [2.75, 3.05) is 19.5 Å². The third-order valence-corrected chi connectivity index (χ3v) is 3.83. The standard InChI is InChI=1S/C16H20N4O/c1-17-15-11-7-4-3-5-8-12(11)19-16(20-15)13-9-6-10-14(18-13)21-2/h6,9-10H,3-5,7-8H2,1-2H3,(H,17,19,20). The van der Waals surface area contributed by atoms with Gasteiger partial charge in [-0.05, 0) is 31.7 Å². The van der Waals surface area contributed by atoms with Gasteiger partial charge in [-0.25, -0.2) is 15.0 Å². The lowest BCUT2D eigenvalue weighted by molar-refractivity contribution is 0.398. The van der Waals surface area contributed by atoms with Crippen LogP contribution in [-0.2, 0) is 12.8 Å². The second kappa shape index (κ2) is 6.08. The highest BCUT2D eigenvalue weighted by Crippen LogP contribution is 2.27. The third-order valence-electron chi connectivity index (χ3n) is 3.83. The molecule has 3 rings (SSSR count). The lowest BCUT2D eigenvalue weighted by Crippen LogP contribution is -2.07. The number of pyridine rings is 1. The number of rotatable bonds is 3. The third kappa shape index (κ3) is 2.82. The highest BCUT2D eigenvalue weighted by atomic mass is 16.5. The molecule has 0 spiro atoms. The van der Waals surface area contributed by atoms with E-state index in [1.54, 1.807) is 7.11 Å². The van der Waals surface area contributed by atoms with Crippen LogP contribution in [-0.4, -0.2) is 29.1 Å². The van der Waals surface area contributed by atoms with Gasteiger partial charge in [-0.2, -0.15) is 0 Å². The van der Waals surface area contributed by atoms with Crippen LogP contribution in [0, 0.1) is 0 Å². The van der Waals surface area contributed by atoms with Crippen molar-refractivity contribution in [3.05, 3.63) is 29.5 Å². The minimum Gasteiger partial charge on any atom is -0.481 e. The first-order valence-corrected chi connectivity index (χ1v) is 7.41. The fraction of sp³-hybridized carbons (Fsp3) is 0.438. The van der Waals surface area contributed by atoms with Gasteiger partial charge in [0, 0.05) is 24.4 Å². The summed E-state index contributed by atoms with van der Waals surface area (Å²) in [7, 11) is 3.53. The molecule has 5 heteroatoms. The second-order valence-corrected chi connectivity index (χ2v) is 5.20. The van der Waals surface area contributed by atoms with Crippen molar-refractivity contribution in [2.45, 2.75) is 32.1 Å². The molecule has 0 bridgehead atoms. The molecule has 110 valence electrons. The number of hydrogen-bond acceptors (Lipinski definition) is 5. The van der Waals surface area contributed by atoms with E-state index in [9.17, 15) is 0 Å². The quantitative estimate of drug-likeness (QED) is 0.878. The van der Waals surface area contributed by atoms with Gasteiger partial charge >= 0.3 is 0 Å². The van der Waals surface area contributed by atoms with Gasteiger partial charge < -0.3 is 10.1 Å². The topological polar surface area (TPSA) is 59.9 Å². The Morgan fingerprint density at radius 3 is 2.71 bits per heavy atom. The van der Waals surface area contributed by atoms with E-state index in [2.05, 4.69) is 15.3 Å². The lowest BCUT2D eigenvalue weighted by Gasteiger charge is -2.12. The number of nitrogens with one attached hydrogen (secondary N) is 1. The van der Waals surface area contributed by atoms with Crippen molar-refractivity contribution in [3.63, 3.8) is 0 Å². The normalized spacial score (nSPS) is 14.2. The zero-order chi connectivity index (χ0) is 14.7. The van der Waals surface area contributed by atoms with Gasteiger partial charge in [-0.3, -0.25) is 0 Å². The molecule has 1 aliphatic rings. The zero-order valence-corrected chi connectivity index (χ0v) is 12.5. The van der Waals surface area contributed by atoms with Crippen LogP contribution in [0.1, 0.15) is 30.5 Å². The Morgan fingerprint density at radius 1 is 1.05 bits per heavy atom. The summed E-state index contributed by atoms with van der Waals surface area (Å²) >= 11 is 0. The molecule has 1 N–H and O–H groups in total. The monoisotopic (exact) mass is 284 g/mol. The van der Waals surface area contributed by atoms with E-state index >= 15 is 0 Å². The van der Waals surface area contributed by atoms with E-state index in [1.807, 2.05) is 25.2 Å². The summed E-state index contributed by atoms with van der Waals surface area (Å²) in [5, 5.41) is 3.21. The van der Waals surface area contributed by atoms with Crippen molar-refractivity contribution in [2.24, 2.45) is 0 Å². The maximum atomic E-state index is 5.18. The van der Waals surface area contributed by atoms with E-state index in [-0.39, 0.29) is 0 Å². The molecule has 0 atom stereocenters. The number of aromatic nitrogens is 3. The molecular formula is C16H20N4O. The molecule has 0 aromatic carbocycles. The Kier molecular flexibility index (Phi) is 3.99. The van der Waals surface area contributed by atoms with Gasteiger partial charge in [0.2, 0.25) is 5.88 Å². The van der Waals surface area contributed by atoms with Gasteiger partial charge in [0.05, 0.1) is 7.11 Å². The van der Waals surface area contributed by atoms with Crippen molar-refractivity contribution in [3.8, 4) is 17.4 Å². The van der Waals surface area contributed by atoms with Crippen molar-refractivity contribution < 1.29 is 4.74 Å². The first-order valence-electron chi connectivity index (χ1n) is 7.41. The summed E-state index contributed by atoms with van der Waals surface area (Å²) in [4.78, 5) is 13.8. The first kappa shape index (κ1) is 13.8. The summed E-state index contributed by atoms with van der Waals surface area (Å²) < 4.78 is 5.18. The van der Waals surface area contributed by atoms with Gasteiger partial charge in [0.1, 0.15) is 11.5 Å². The zero-order valence-electron chi connectivity index (χ0n) is 12.5. The maximum Gasteiger partial charge on any atom is 0.213 e. The molecule has 0 saturated carbocycles. The molecule has 0 saturated heterocycles. The molecule has 1 aliphatic carbocycles. The minimum atomic E-state index is 0.581. The molecule has 2 aromatic heterocycles. The Morgan fingerprint density at radius 2 is 1.90 bits per heavy atom. The van der Waals surface area contributed by atoms with Gasteiger partial charge in [-0.1, -0.05) is 12.5 Å². The van der Waals surface area contributed by atoms with Crippen LogP contribution in [0.4, 0.5) is 5.82 Å². The van der Waals surface area contributed by atoms with E-state index < -0.39 is 0 Å². The summed E-state index contributed by atoms with van der Waals surface area (Å²) in [6, 6.07) is 5.65. The molecular weight excluding hydrogens is 264 g/mol. The molecule has 0 unspecified atom stereocenters. The largest absolute Gasteiger partial charge is 0.481 e. The smallest absolute Gasteiger partial charge is 0.213 e. The Hall–Kier alpha value is -2.17. The number of fused-ring (bicyclic) bond motifs is 1. The van der Waals surface area contributed by atoms with E-state index in [0.29, 0.717) is 11.7 Å². The van der Waals surface area contributed by atoms with Crippen LogP contribution in [0.25, 0.3) is 11.5 Å². The molecule has 0 amide bonds. The fourth-order valence-electron chi connectivity index (χ4n) is 2.75. The van der Waals surface area contributed by atoms with Gasteiger partial charge in [0.25, 0.3) is 0 Å². The number of nitrogens with zero attached hydrogens (tertiary/aromatic N) is 3. The van der Waals surface area contributed by atoms with Crippen LogP contribution in [0.15, 0.2) is 18.2 Å². The van der Waals surface area contributed by atoms with Crippen LogP contribution in [0.5, 0.6) is 5.88 Å². The lowest BCUT2D eigenvalue weighted by atomic mass is 10.1. The molecule has 0 radical (unpaired) electrons. The van der Waals surface area contributed by atoms with Gasteiger partial charge in [0.15, 0.2) is 5.82 Å². The number of ether oxygens (including phenoxy) is 1. The Balaban J connectivity index is 2.08. The molecule has 0 aliphatic heterocycles. The number of aryl methyl sites for hydroxylation is 1. The molecule has 2 heterocycles. The maximum absolute atomic E-state index is 5.18. The highest BCUT2D eigenvalue weighted by Gasteiger charge is 2.17. The number of anilines is 1. The van der Waals surface area contributed by atoms with Crippen LogP contribution < -0.4 is 10.1 Å². The van der Waals surface area contributed by atoms with E-state index in [4.69, 9.17) is 9.72 Å². The predicted molar refractivity (Wildman–Crippen MR) is 82.6 cm³/mol. The van der Waals surface area contributed by atoms with Crippen molar-refractivity contribution in [1.82, 2.24) is 15.0 Å².